The van der Waals surface area contributed by atoms with Gasteiger partial charge in [-0.2, -0.15) is 0 Å². The minimum atomic E-state index is 0.946. The number of rotatable bonds is 2. The molecule has 72 valence electrons. The molecule has 0 aromatic heterocycles. The van der Waals surface area contributed by atoms with Gasteiger partial charge in [-0.3, -0.25) is 0 Å². The van der Waals surface area contributed by atoms with Crippen molar-refractivity contribution < 1.29 is 0 Å². The summed E-state index contributed by atoms with van der Waals surface area (Å²) in [4.78, 5) is 2.15. The molecule has 0 heterocycles. The summed E-state index contributed by atoms with van der Waals surface area (Å²) < 4.78 is 2.35. The molecule has 0 saturated heterocycles. The average molecular weight is 307 g/mol. The Kier molecular flexibility index (Phi) is 3.95. The van der Waals surface area contributed by atoms with Crippen molar-refractivity contribution in [1.29, 1.82) is 0 Å². The third-order valence-corrected chi connectivity index (χ3v) is 3.17. The van der Waals surface area contributed by atoms with E-state index in [4.69, 9.17) is 0 Å². The van der Waals surface area contributed by atoms with Crippen LogP contribution in [0.5, 0.6) is 0 Å². The van der Waals surface area contributed by atoms with E-state index in [9.17, 15) is 0 Å². The zero-order valence-corrected chi connectivity index (χ0v) is 11.2. The molecule has 0 fully saturated rings. The quantitative estimate of drug-likeness (QED) is 0.807. The molecular weight excluding hydrogens is 294 g/mol. The van der Waals surface area contributed by atoms with Gasteiger partial charge in [-0.25, -0.2) is 0 Å². The SMILES string of the molecule is Cc1cc(Br)c(CN(C)C)c(Br)c1. The highest BCUT2D eigenvalue weighted by Gasteiger charge is 2.06. The predicted molar refractivity (Wildman–Crippen MR) is 64.0 cm³/mol. The molecular formula is C10H13Br2N. The Balaban J connectivity index is 3.06. The average Bonchev–Trinajstić information content (AvgIpc) is 1.96. The van der Waals surface area contributed by atoms with E-state index < -0.39 is 0 Å². The number of nitrogens with zero attached hydrogens (tertiary/aromatic N) is 1. The standard InChI is InChI=1S/C10H13Br2N/c1-7-4-9(11)8(6-13(2)3)10(12)5-7/h4-5H,6H2,1-3H3. The molecule has 0 spiro atoms. The number of hydrogen-bond donors (Lipinski definition) is 0. The third-order valence-electron chi connectivity index (χ3n) is 1.76. The van der Waals surface area contributed by atoms with E-state index in [2.05, 4.69) is 69.9 Å². The van der Waals surface area contributed by atoms with Crippen LogP contribution in [0.3, 0.4) is 0 Å². The lowest BCUT2D eigenvalue weighted by Crippen LogP contribution is -2.11. The first-order valence-electron chi connectivity index (χ1n) is 4.10. The van der Waals surface area contributed by atoms with Gasteiger partial charge in [0.25, 0.3) is 0 Å². The first kappa shape index (κ1) is 11.2. The fourth-order valence-corrected chi connectivity index (χ4v) is 2.86. The van der Waals surface area contributed by atoms with E-state index in [-0.39, 0.29) is 0 Å². The van der Waals surface area contributed by atoms with Gasteiger partial charge >= 0.3 is 0 Å². The summed E-state index contributed by atoms with van der Waals surface area (Å²) in [6.07, 6.45) is 0. The van der Waals surface area contributed by atoms with Gasteiger partial charge < -0.3 is 4.90 Å². The Morgan fingerprint density at radius 3 is 2.00 bits per heavy atom. The molecule has 0 unspecified atom stereocenters. The Morgan fingerprint density at radius 1 is 1.15 bits per heavy atom. The van der Waals surface area contributed by atoms with E-state index in [1.807, 2.05) is 0 Å². The van der Waals surface area contributed by atoms with Crippen LogP contribution in [-0.2, 0) is 6.54 Å². The van der Waals surface area contributed by atoms with Crippen LogP contribution < -0.4 is 0 Å². The Bertz CT molecular complexity index is 285. The van der Waals surface area contributed by atoms with Crippen molar-refractivity contribution >= 4 is 31.9 Å². The molecule has 1 nitrogen and oxygen atoms in total. The highest BCUT2D eigenvalue weighted by molar-refractivity contribution is 9.11. The fourth-order valence-electron chi connectivity index (χ4n) is 1.20. The van der Waals surface area contributed by atoms with Gasteiger partial charge in [0.15, 0.2) is 0 Å². The maximum absolute atomic E-state index is 3.57. The number of benzene rings is 1. The lowest BCUT2D eigenvalue weighted by molar-refractivity contribution is 0.401. The van der Waals surface area contributed by atoms with Crippen LogP contribution in [-0.4, -0.2) is 19.0 Å². The zero-order valence-electron chi connectivity index (χ0n) is 8.06. The second kappa shape index (κ2) is 4.58. The molecule has 0 atom stereocenters. The summed E-state index contributed by atoms with van der Waals surface area (Å²) in [6, 6.07) is 4.28. The van der Waals surface area contributed by atoms with E-state index in [0.717, 1.165) is 6.54 Å². The second-order valence-electron chi connectivity index (χ2n) is 3.44. The number of aryl methyl sites for hydroxylation is 1. The normalized spacial score (nSPS) is 10.9. The fraction of sp³-hybridized carbons (Fsp3) is 0.400. The molecule has 0 radical (unpaired) electrons. The summed E-state index contributed by atoms with van der Waals surface area (Å²) in [5, 5.41) is 0. The molecule has 1 aromatic carbocycles. The molecule has 0 aliphatic heterocycles. The molecule has 13 heavy (non-hydrogen) atoms. The Morgan fingerprint density at radius 2 is 1.62 bits per heavy atom. The summed E-state index contributed by atoms with van der Waals surface area (Å²) >= 11 is 7.14. The molecule has 0 N–H and O–H groups in total. The van der Waals surface area contributed by atoms with E-state index in [0.29, 0.717) is 0 Å². The van der Waals surface area contributed by atoms with Crippen LogP contribution in [0.15, 0.2) is 21.1 Å². The van der Waals surface area contributed by atoms with Crippen molar-refractivity contribution in [2.75, 3.05) is 14.1 Å². The summed E-state index contributed by atoms with van der Waals surface area (Å²) in [7, 11) is 4.14. The first-order valence-corrected chi connectivity index (χ1v) is 5.68. The zero-order chi connectivity index (χ0) is 10.0. The maximum Gasteiger partial charge on any atom is 0.0250 e. The Labute approximate surface area is 96.4 Å². The summed E-state index contributed by atoms with van der Waals surface area (Å²) in [6.45, 7) is 3.04. The van der Waals surface area contributed by atoms with Crippen molar-refractivity contribution in [3.8, 4) is 0 Å². The summed E-state index contributed by atoms with van der Waals surface area (Å²) in [5.41, 5.74) is 2.57. The molecule has 0 aliphatic carbocycles. The van der Waals surface area contributed by atoms with Crippen molar-refractivity contribution in [3.05, 3.63) is 32.2 Å². The Hall–Kier alpha value is 0.140. The third kappa shape index (κ3) is 3.08. The highest BCUT2D eigenvalue weighted by atomic mass is 79.9. The smallest absolute Gasteiger partial charge is 0.0250 e. The minimum absolute atomic E-state index is 0.946. The molecule has 0 saturated carbocycles. The molecule has 1 rings (SSSR count). The molecule has 1 aromatic rings. The second-order valence-corrected chi connectivity index (χ2v) is 5.15. The van der Waals surface area contributed by atoms with Gasteiger partial charge in [-0.1, -0.05) is 31.9 Å². The molecule has 0 amide bonds. The van der Waals surface area contributed by atoms with Crippen LogP contribution >= 0.6 is 31.9 Å². The first-order chi connectivity index (χ1) is 6.00. The van der Waals surface area contributed by atoms with Gasteiger partial charge in [0.2, 0.25) is 0 Å². The largest absolute Gasteiger partial charge is 0.305 e. The molecule has 0 aliphatic rings. The van der Waals surface area contributed by atoms with Crippen LogP contribution in [0, 0.1) is 6.92 Å². The summed E-state index contributed by atoms with van der Waals surface area (Å²) in [5.74, 6) is 0. The van der Waals surface area contributed by atoms with Gasteiger partial charge in [0, 0.05) is 15.5 Å². The molecule has 0 bridgehead atoms. The number of halogens is 2. The topological polar surface area (TPSA) is 3.24 Å². The van der Waals surface area contributed by atoms with Gasteiger partial charge in [-0.15, -0.1) is 0 Å². The van der Waals surface area contributed by atoms with E-state index >= 15 is 0 Å². The minimum Gasteiger partial charge on any atom is -0.305 e. The van der Waals surface area contributed by atoms with Gasteiger partial charge in [0.1, 0.15) is 0 Å². The van der Waals surface area contributed by atoms with Crippen molar-refractivity contribution in [1.82, 2.24) is 4.90 Å². The van der Waals surface area contributed by atoms with Crippen LogP contribution in [0.2, 0.25) is 0 Å². The molecule has 3 heteroatoms. The van der Waals surface area contributed by atoms with Crippen molar-refractivity contribution in [3.63, 3.8) is 0 Å². The van der Waals surface area contributed by atoms with Crippen molar-refractivity contribution in [2.45, 2.75) is 13.5 Å². The predicted octanol–water partition coefficient (Wildman–Crippen LogP) is 3.58. The monoisotopic (exact) mass is 305 g/mol. The van der Waals surface area contributed by atoms with Crippen LogP contribution in [0.1, 0.15) is 11.1 Å². The number of hydrogen-bond acceptors (Lipinski definition) is 1. The van der Waals surface area contributed by atoms with Gasteiger partial charge in [-0.05, 0) is 44.3 Å². The van der Waals surface area contributed by atoms with E-state index in [1.54, 1.807) is 0 Å². The lowest BCUT2D eigenvalue weighted by atomic mass is 10.1. The van der Waals surface area contributed by atoms with Crippen LogP contribution in [0.25, 0.3) is 0 Å². The van der Waals surface area contributed by atoms with E-state index in [1.165, 1.54) is 20.1 Å². The lowest BCUT2D eigenvalue weighted by Gasteiger charge is -2.13. The highest BCUT2D eigenvalue weighted by Crippen LogP contribution is 2.27. The van der Waals surface area contributed by atoms with Gasteiger partial charge in [0.05, 0.1) is 0 Å². The van der Waals surface area contributed by atoms with Crippen molar-refractivity contribution in [2.24, 2.45) is 0 Å². The van der Waals surface area contributed by atoms with Crippen LogP contribution in [0.4, 0.5) is 0 Å². The maximum atomic E-state index is 3.57.